The van der Waals surface area contributed by atoms with E-state index in [4.69, 9.17) is 5.73 Å². The Labute approximate surface area is 108 Å². The fourth-order valence-electron chi connectivity index (χ4n) is 2.13. The van der Waals surface area contributed by atoms with Crippen molar-refractivity contribution in [1.82, 2.24) is 14.8 Å². The average Bonchev–Trinajstić information content (AvgIpc) is 2.73. The quantitative estimate of drug-likeness (QED) is 0.877. The van der Waals surface area contributed by atoms with Crippen LogP contribution in [0.2, 0.25) is 0 Å². The molecule has 18 heavy (non-hydrogen) atoms. The van der Waals surface area contributed by atoms with Crippen molar-refractivity contribution in [2.45, 2.75) is 39.3 Å². The van der Waals surface area contributed by atoms with Crippen LogP contribution in [0.4, 0.5) is 0 Å². The number of aromatic nitrogens is 3. The Hall–Kier alpha value is -1.68. The topological polar surface area (TPSA) is 56.7 Å². The maximum atomic E-state index is 6.25. The molecule has 2 aromatic rings. The van der Waals surface area contributed by atoms with E-state index in [9.17, 15) is 0 Å². The van der Waals surface area contributed by atoms with Crippen LogP contribution >= 0.6 is 0 Å². The summed E-state index contributed by atoms with van der Waals surface area (Å²) in [6.07, 6.45) is 1.85. The fourth-order valence-corrected chi connectivity index (χ4v) is 2.13. The third-order valence-corrected chi connectivity index (χ3v) is 3.04. The van der Waals surface area contributed by atoms with Gasteiger partial charge >= 0.3 is 0 Å². The van der Waals surface area contributed by atoms with Crippen LogP contribution in [0.15, 0.2) is 30.3 Å². The lowest BCUT2D eigenvalue weighted by atomic mass is 10.1. The van der Waals surface area contributed by atoms with Gasteiger partial charge in [0, 0.05) is 6.54 Å². The van der Waals surface area contributed by atoms with E-state index < -0.39 is 0 Å². The highest BCUT2D eigenvalue weighted by Gasteiger charge is 2.16. The van der Waals surface area contributed by atoms with Crippen LogP contribution in [0.1, 0.15) is 36.6 Å². The number of nitrogens with two attached hydrogens (primary N) is 1. The lowest BCUT2D eigenvalue weighted by Crippen LogP contribution is -2.19. The lowest BCUT2D eigenvalue weighted by molar-refractivity contribution is 0.566. The summed E-state index contributed by atoms with van der Waals surface area (Å²) >= 11 is 0. The van der Waals surface area contributed by atoms with Gasteiger partial charge in [0.05, 0.1) is 6.04 Å². The molecule has 0 fully saturated rings. The predicted molar refractivity (Wildman–Crippen MR) is 72.1 cm³/mol. The SMILES string of the molecule is CCCn1c(C)nnc1[C@@H](N)Cc1ccccc1. The van der Waals surface area contributed by atoms with Gasteiger partial charge in [-0.15, -0.1) is 10.2 Å². The van der Waals surface area contributed by atoms with E-state index in [0.29, 0.717) is 0 Å². The second-order valence-corrected chi connectivity index (χ2v) is 4.55. The number of hydrogen-bond acceptors (Lipinski definition) is 3. The monoisotopic (exact) mass is 244 g/mol. The highest BCUT2D eigenvalue weighted by molar-refractivity contribution is 5.17. The molecule has 0 saturated carbocycles. The zero-order chi connectivity index (χ0) is 13.0. The number of benzene rings is 1. The van der Waals surface area contributed by atoms with Crippen molar-refractivity contribution < 1.29 is 0 Å². The van der Waals surface area contributed by atoms with Crippen LogP contribution in [-0.4, -0.2) is 14.8 Å². The Morgan fingerprint density at radius 3 is 2.61 bits per heavy atom. The normalized spacial score (nSPS) is 12.6. The molecule has 0 amide bonds. The zero-order valence-electron chi connectivity index (χ0n) is 11.0. The highest BCUT2D eigenvalue weighted by atomic mass is 15.3. The molecule has 0 aliphatic carbocycles. The molecule has 2 rings (SSSR count). The number of aryl methyl sites for hydroxylation is 1. The first-order valence-corrected chi connectivity index (χ1v) is 6.41. The standard InChI is InChI=1S/C14H20N4/c1-3-9-18-11(2)16-17-14(18)13(15)10-12-7-5-4-6-8-12/h4-8,13H,3,9-10,15H2,1-2H3/t13-/m0/s1. The Morgan fingerprint density at radius 1 is 1.22 bits per heavy atom. The predicted octanol–water partition coefficient (Wildman–Crippen LogP) is 2.24. The summed E-state index contributed by atoms with van der Waals surface area (Å²) in [5, 5.41) is 8.35. The lowest BCUT2D eigenvalue weighted by Gasteiger charge is -2.13. The van der Waals surface area contributed by atoms with E-state index in [0.717, 1.165) is 31.0 Å². The number of rotatable bonds is 5. The molecule has 0 aliphatic heterocycles. The fraction of sp³-hybridized carbons (Fsp3) is 0.429. The van der Waals surface area contributed by atoms with E-state index in [1.807, 2.05) is 25.1 Å². The van der Waals surface area contributed by atoms with Gasteiger partial charge in [-0.25, -0.2) is 0 Å². The molecule has 2 N–H and O–H groups in total. The molecule has 0 saturated heterocycles. The number of nitrogens with zero attached hydrogens (tertiary/aromatic N) is 3. The molecular weight excluding hydrogens is 224 g/mol. The molecule has 0 spiro atoms. The molecule has 4 nitrogen and oxygen atoms in total. The first-order chi connectivity index (χ1) is 8.72. The molecule has 4 heteroatoms. The van der Waals surface area contributed by atoms with Gasteiger partial charge in [-0.05, 0) is 25.3 Å². The molecule has 0 radical (unpaired) electrons. The van der Waals surface area contributed by atoms with Crippen LogP contribution < -0.4 is 5.73 Å². The van der Waals surface area contributed by atoms with Crippen LogP contribution in [0.25, 0.3) is 0 Å². The summed E-state index contributed by atoms with van der Waals surface area (Å²) in [7, 11) is 0. The van der Waals surface area contributed by atoms with Gasteiger partial charge in [0.25, 0.3) is 0 Å². The minimum absolute atomic E-state index is 0.0971. The number of hydrogen-bond donors (Lipinski definition) is 1. The first-order valence-electron chi connectivity index (χ1n) is 6.41. The van der Waals surface area contributed by atoms with Gasteiger partial charge in [-0.1, -0.05) is 37.3 Å². The third-order valence-electron chi connectivity index (χ3n) is 3.04. The van der Waals surface area contributed by atoms with E-state index in [-0.39, 0.29) is 6.04 Å². The van der Waals surface area contributed by atoms with Gasteiger partial charge in [0.1, 0.15) is 11.6 Å². The van der Waals surface area contributed by atoms with Gasteiger partial charge < -0.3 is 10.3 Å². The van der Waals surface area contributed by atoms with E-state index in [1.54, 1.807) is 0 Å². The Balaban J connectivity index is 2.16. The van der Waals surface area contributed by atoms with Crippen molar-refractivity contribution >= 4 is 0 Å². The highest BCUT2D eigenvalue weighted by Crippen LogP contribution is 2.15. The summed E-state index contributed by atoms with van der Waals surface area (Å²) in [6, 6.07) is 10.2. The van der Waals surface area contributed by atoms with E-state index >= 15 is 0 Å². The Bertz CT molecular complexity index is 490. The third kappa shape index (κ3) is 2.76. The van der Waals surface area contributed by atoms with Gasteiger partial charge in [0.15, 0.2) is 0 Å². The largest absolute Gasteiger partial charge is 0.321 e. The van der Waals surface area contributed by atoms with Crippen LogP contribution in [-0.2, 0) is 13.0 Å². The van der Waals surface area contributed by atoms with E-state index in [2.05, 4.69) is 33.8 Å². The average molecular weight is 244 g/mol. The second-order valence-electron chi connectivity index (χ2n) is 4.55. The van der Waals surface area contributed by atoms with Crippen molar-refractivity contribution in [2.75, 3.05) is 0 Å². The summed E-state index contributed by atoms with van der Waals surface area (Å²) in [5.74, 6) is 1.83. The zero-order valence-corrected chi connectivity index (χ0v) is 11.0. The second kappa shape index (κ2) is 5.78. The van der Waals surface area contributed by atoms with Crippen molar-refractivity contribution in [1.29, 1.82) is 0 Å². The van der Waals surface area contributed by atoms with Crippen LogP contribution in [0.5, 0.6) is 0 Å². The van der Waals surface area contributed by atoms with Crippen LogP contribution in [0.3, 0.4) is 0 Å². The molecular formula is C14H20N4. The van der Waals surface area contributed by atoms with Gasteiger partial charge in [-0.2, -0.15) is 0 Å². The van der Waals surface area contributed by atoms with Crippen molar-refractivity contribution in [2.24, 2.45) is 5.73 Å². The molecule has 1 aromatic heterocycles. The van der Waals surface area contributed by atoms with Gasteiger partial charge in [0.2, 0.25) is 0 Å². The molecule has 96 valence electrons. The molecule has 0 unspecified atom stereocenters. The Morgan fingerprint density at radius 2 is 1.94 bits per heavy atom. The van der Waals surface area contributed by atoms with Crippen LogP contribution in [0, 0.1) is 6.92 Å². The van der Waals surface area contributed by atoms with Crippen molar-refractivity contribution in [3.63, 3.8) is 0 Å². The Kier molecular flexibility index (Phi) is 4.10. The van der Waals surface area contributed by atoms with Crippen molar-refractivity contribution in [3.05, 3.63) is 47.5 Å². The summed E-state index contributed by atoms with van der Waals surface area (Å²) in [5.41, 5.74) is 7.48. The maximum Gasteiger partial charge on any atom is 0.150 e. The minimum Gasteiger partial charge on any atom is -0.321 e. The van der Waals surface area contributed by atoms with E-state index in [1.165, 1.54) is 5.56 Å². The smallest absolute Gasteiger partial charge is 0.150 e. The van der Waals surface area contributed by atoms with Gasteiger partial charge in [-0.3, -0.25) is 0 Å². The summed E-state index contributed by atoms with van der Waals surface area (Å²) in [6.45, 7) is 5.05. The molecule has 1 atom stereocenters. The minimum atomic E-state index is -0.0971. The summed E-state index contributed by atoms with van der Waals surface area (Å²) < 4.78 is 2.12. The molecule has 1 heterocycles. The summed E-state index contributed by atoms with van der Waals surface area (Å²) in [4.78, 5) is 0. The maximum absolute atomic E-state index is 6.25. The van der Waals surface area contributed by atoms with Crippen molar-refractivity contribution in [3.8, 4) is 0 Å². The molecule has 0 aliphatic rings. The first kappa shape index (κ1) is 12.8. The molecule has 1 aromatic carbocycles. The molecule has 0 bridgehead atoms.